The molecule has 2 aromatic heterocycles. The Balaban J connectivity index is 1.74. The molecular weight excluding hydrogens is 304 g/mol. The second kappa shape index (κ2) is 6.95. The highest BCUT2D eigenvalue weighted by atomic mass is 16.2. The Kier molecular flexibility index (Phi) is 4.56. The molecule has 0 fully saturated rings. The van der Waals surface area contributed by atoms with Crippen LogP contribution in [0.5, 0.6) is 0 Å². The van der Waals surface area contributed by atoms with Gasteiger partial charge in [-0.1, -0.05) is 30.3 Å². The summed E-state index contributed by atoms with van der Waals surface area (Å²) in [6.45, 7) is 2.23. The Morgan fingerprint density at radius 2 is 1.83 bits per heavy atom. The minimum atomic E-state index is -0.188. The van der Waals surface area contributed by atoms with Crippen LogP contribution in [0.1, 0.15) is 17.3 Å². The Bertz CT molecular complexity index is 871. The highest BCUT2D eigenvalue weighted by Crippen LogP contribution is 2.19. The minimum absolute atomic E-state index is 0.114. The highest BCUT2D eigenvalue weighted by molar-refractivity contribution is 5.95. The molecule has 0 spiro atoms. The molecule has 24 heavy (non-hydrogen) atoms. The monoisotopic (exact) mass is 322 g/mol. The fourth-order valence-electron chi connectivity index (χ4n) is 2.39. The first-order valence-electron chi connectivity index (χ1n) is 7.70. The molecule has 2 N–H and O–H groups in total. The molecule has 2 amide bonds. The number of aromatic nitrogens is 2. The number of fused-ring (bicyclic) bond motifs is 1. The first-order valence-corrected chi connectivity index (χ1v) is 7.70. The summed E-state index contributed by atoms with van der Waals surface area (Å²) in [6, 6.07) is 13.4. The molecular formula is C18H18N4O2. The standard InChI is InChI=1S/C18H18N4O2/c1-13(23)19-8-9-20-18(24)15-7-10-22-12-16(21-17(22)11-15)14-5-3-2-4-6-14/h2-7,10-12H,8-9H2,1H3,(H,19,23)(H,20,24). The molecule has 0 saturated carbocycles. The number of hydrogen-bond donors (Lipinski definition) is 2. The summed E-state index contributed by atoms with van der Waals surface area (Å²) in [5.74, 6) is -0.302. The van der Waals surface area contributed by atoms with Crippen molar-refractivity contribution in [3.63, 3.8) is 0 Å². The van der Waals surface area contributed by atoms with Crippen LogP contribution in [0, 0.1) is 0 Å². The first kappa shape index (κ1) is 15.7. The van der Waals surface area contributed by atoms with E-state index in [-0.39, 0.29) is 11.8 Å². The smallest absolute Gasteiger partial charge is 0.251 e. The van der Waals surface area contributed by atoms with Crippen molar-refractivity contribution >= 4 is 17.5 Å². The molecule has 1 aromatic carbocycles. The number of nitrogens with one attached hydrogen (secondary N) is 2. The van der Waals surface area contributed by atoms with E-state index >= 15 is 0 Å². The zero-order valence-electron chi connectivity index (χ0n) is 13.3. The van der Waals surface area contributed by atoms with Crippen LogP contribution in [-0.2, 0) is 4.79 Å². The fraction of sp³-hybridized carbons (Fsp3) is 0.167. The normalized spacial score (nSPS) is 10.5. The molecule has 0 aliphatic heterocycles. The Labute approximate surface area is 139 Å². The summed E-state index contributed by atoms with van der Waals surface area (Å²) < 4.78 is 1.89. The summed E-state index contributed by atoms with van der Waals surface area (Å²) in [5.41, 5.74) is 3.14. The molecule has 3 aromatic rings. The maximum atomic E-state index is 12.1. The lowest BCUT2D eigenvalue weighted by Crippen LogP contribution is -2.33. The van der Waals surface area contributed by atoms with E-state index in [0.717, 1.165) is 11.3 Å². The molecule has 3 rings (SSSR count). The summed E-state index contributed by atoms with van der Waals surface area (Å²) in [4.78, 5) is 27.5. The van der Waals surface area contributed by atoms with Crippen molar-refractivity contribution in [1.82, 2.24) is 20.0 Å². The number of carbonyl (C=O) groups is 2. The first-order chi connectivity index (χ1) is 11.6. The number of hydrogen-bond acceptors (Lipinski definition) is 3. The molecule has 6 nitrogen and oxygen atoms in total. The van der Waals surface area contributed by atoms with E-state index in [0.29, 0.717) is 24.3 Å². The predicted octanol–water partition coefficient (Wildman–Crippen LogP) is 1.87. The van der Waals surface area contributed by atoms with Crippen LogP contribution in [0.2, 0.25) is 0 Å². The van der Waals surface area contributed by atoms with E-state index < -0.39 is 0 Å². The van der Waals surface area contributed by atoms with Gasteiger partial charge in [-0.2, -0.15) is 0 Å². The van der Waals surface area contributed by atoms with Crippen molar-refractivity contribution in [2.45, 2.75) is 6.92 Å². The lowest BCUT2D eigenvalue weighted by molar-refractivity contribution is -0.118. The SMILES string of the molecule is CC(=O)NCCNC(=O)c1ccn2cc(-c3ccccc3)nc2c1. The lowest BCUT2D eigenvalue weighted by atomic mass is 10.2. The number of rotatable bonds is 5. The van der Waals surface area contributed by atoms with Gasteiger partial charge < -0.3 is 15.0 Å². The average molecular weight is 322 g/mol. The quantitative estimate of drug-likeness (QED) is 0.704. The lowest BCUT2D eigenvalue weighted by Gasteiger charge is -2.05. The van der Waals surface area contributed by atoms with Gasteiger partial charge in [0, 0.05) is 43.5 Å². The van der Waals surface area contributed by atoms with E-state index in [2.05, 4.69) is 15.6 Å². The molecule has 122 valence electrons. The zero-order valence-corrected chi connectivity index (χ0v) is 13.3. The number of benzene rings is 1. The largest absolute Gasteiger partial charge is 0.355 e. The second-order valence-electron chi connectivity index (χ2n) is 5.41. The van der Waals surface area contributed by atoms with Gasteiger partial charge >= 0.3 is 0 Å². The summed E-state index contributed by atoms with van der Waals surface area (Å²) in [6.07, 6.45) is 3.75. The van der Waals surface area contributed by atoms with Crippen molar-refractivity contribution in [3.05, 3.63) is 60.4 Å². The van der Waals surface area contributed by atoms with E-state index in [1.807, 2.05) is 47.1 Å². The van der Waals surface area contributed by atoms with Gasteiger partial charge in [-0.05, 0) is 12.1 Å². The number of imidazole rings is 1. The van der Waals surface area contributed by atoms with Gasteiger partial charge in [0.2, 0.25) is 5.91 Å². The number of pyridine rings is 1. The Hall–Kier alpha value is -3.15. The third-order valence-corrected chi connectivity index (χ3v) is 3.58. The maximum absolute atomic E-state index is 12.1. The van der Waals surface area contributed by atoms with Crippen LogP contribution in [0.15, 0.2) is 54.9 Å². The van der Waals surface area contributed by atoms with Crippen LogP contribution in [-0.4, -0.2) is 34.3 Å². The summed E-state index contributed by atoms with van der Waals surface area (Å²) in [5, 5.41) is 5.40. The van der Waals surface area contributed by atoms with Crippen LogP contribution in [0.4, 0.5) is 0 Å². The van der Waals surface area contributed by atoms with Crippen molar-refractivity contribution in [3.8, 4) is 11.3 Å². The van der Waals surface area contributed by atoms with Gasteiger partial charge in [0.1, 0.15) is 5.65 Å². The number of amides is 2. The molecule has 0 radical (unpaired) electrons. The zero-order chi connectivity index (χ0) is 16.9. The Morgan fingerprint density at radius 1 is 1.08 bits per heavy atom. The summed E-state index contributed by atoms with van der Waals surface area (Å²) >= 11 is 0. The fourth-order valence-corrected chi connectivity index (χ4v) is 2.39. The molecule has 0 saturated heterocycles. The van der Waals surface area contributed by atoms with Crippen molar-refractivity contribution < 1.29 is 9.59 Å². The van der Waals surface area contributed by atoms with Gasteiger partial charge in [-0.3, -0.25) is 9.59 Å². The molecule has 0 unspecified atom stereocenters. The second-order valence-corrected chi connectivity index (χ2v) is 5.41. The number of carbonyl (C=O) groups excluding carboxylic acids is 2. The van der Waals surface area contributed by atoms with Crippen LogP contribution < -0.4 is 10.6 Å². The van der Waals surface area contributed by atoms with Crippen molar-refractivity contribution in [2.75, 3.05) is 13.1 Å². The van der Waals surface area contributed by atoms with Gasteiger partial charge in [-0.25, -0.2) is 4.98 Å². The third kappa shape index (κ3) is 3.60. The maximum Gasteiger partial charge on any atom is 0.251 e. The molecule has 0 bridgehead atoms. The number of nitrogens with zero attached hydrogens (tertiary/aromatic N) is 2. The molecule has 0 aliphatic rings. The van der Waals surface area contributed by atoms with E-state index in [1.165, 1.54) is 6.92 Å². The van der Waals surface area contributed by atoms with Crippen LogP contribution >= 0.6 is 0 Å². The average Bonchev–Trinajstić information content (AvgIpc) is 3.02. The van der Waals surface area contributed by atoms with Crippen molar-refractivity contribution in [2.24, 2.45) is 0 Å². The molecule has 0 atom stereocenters. The van der Waals surface area contributed by atoms with Crippen LogP contribution in [0.25, 0.3) is 16.9 Å². The van der Waals surface area contributed by atoms with E-state index in [1.54, 1.807) is 12.1 Å². The third-order valence-electron chi connectivity index (χ3n) is 3.58. The van der Waals surface area contributed by atoms with Crippen molar-refractivity contribution in [1.29, 1.82) is 0 Å². The molecule has 0 aliphatic carbocycles. The van der Waals surface area contributed by atoms with Gasteiger partial charge in [0.15, 0.2) is 0 Å². The summed E-state index contributed by atoms with van der Waals surface area (Å²) in [7, 11) is 0. The van der Waals surface area contributed by atoms with E-state index in [4.69, 9.17) is 0 Å². The minimum Gasteiger partial charge on any atom is -0.355 e. The van der Waals surface area contributed by atoms with Gasteiger partial charge in [0.25, 0.3) is 5.91 Å². The predicted molar refractivity (Wildman–Crippen MR) is 91.6 cm³/mol. The van der Waals surface area contributed by atoms with Crippen LogP contribution in [0.3, 0.4) is 0 Å². The van der Waals surface area contributed by atoms with E-state index in [9.17, 15) is 9.59 Å². The van der Waals surface area contributed by atoms with Gasteiger partial charge in [-0.15, -0.1) is 0 Å². The van der Waals surface area contributed by atoms with Gasteiger partial charge in [0.05, 0.1) is 5.69 Å². The highest BCUT2D eigenvalue weighted by Gasteiger charge is 2.09. The Morgan fingerprint density at radius 3 is 2.58 bits per heavy atom. The molecule has 2 heterocycles. The topological polar surface area (TPSA) is 75.5 Å². The molecule has 6 heteroatoms.